The van der Waals surface area contributed by atoms with Crippen molar-refractivity contribution >= 4 is 5.69 Å². The molecule has 8 heteroatoms. The summed E-state index contributed by atoms with van der Waals surface area (Å²) in [6.07, 6.45) is -3.04. The molecule has 0 saturated carbocycles. The number of nitrogens with zero attached hydrogens (tertiary/aromatic N) is 1. The molecule has 2 unspecified atom stereocenters. The molecule has 2 rings (SSSR count). The Hall–Kier alpha value is 0.166. The van der Waals surface area contributed by atoms with E-state index >= 15 is 0 Å². The van der Waals surface area contributed by atoms with Crippen molar-refractivity contribution in [3.05, 3.63) is 29.6 Å². The largest absolute Gasteiger partial charge is 1.00 e. The van der Waals surface area contributed by atoms with Crippen LogP contribution in [0.2, 0.25) is 0 Å². The maximum Gasteiger partial charge on any atom is 1.00 e. The zero-order valence-electron chi connectivity index (χ0n) is 11.2. The molecule has 1 heterocycles. The zero-order chi connectivity index (χ0) is 13.9. The van der Waals surface area contributed by atoms with E-state index in [0.29, 0.717) is 12.2 Å². The van der Waals surface area contributed by atoms with Crippen LogP contribution in [-0.4, -0.2) is 25.1 Å². The fourth-order valence-electron chi connectivity index (χ4n) is 2.03. The summed E-state index contributed by atoms with van der Waals surface area (Å²) in [5, 5.41) is 7.54. The monoisotopic (exact) mass is 313 g/mol. The molecule has 2 atom stereocenters. The summed E-state index contributed by atoms with van der Waals surface area (Å²) in [7, 11) is 0. The second-order valence-corrected chi connectivity index (χ2v) is 4.37. The van der Waals surface area contributed by atoms with Gasteiger partial charge in [-0.05, 0) is 18.6 Å². The van der Waals surface area contributed by atoms with Crippen molar-refractivity contribution in [3.63, 3.8) is 0 Å². The molecule has 0 bridgehead atoms. The summed E-state index contributed by atoms with van der Waals surface area (Å²) in [4.78, 5) is 0. The zero-order valence-corrected chi connectivity index (χ0v) is 14.3. The average molecular weight is 313 g/mol. The van der Waals surface area contributed by atoms with Crippen molar-refractivity contribution in [1.82, 2.24) is 5.32 Å². The van der Waals surface area contributed by atoms with Crippen LogP contribution >= 0.6 is 0 Å². The van der Waals surface area contributed by atoms with E-state index in [9.17, 15) is 13.2 Å². The van der Waals surface area contributed by atoms with Gasteiger partial charge in [0.1, 0.15) is 5.75 Å². The number of alkyl halides is 3. The average Bonchev–Trinajstić information content (AvgIpc) is 2.75. The fourth-order valence-corrected chi connectivity index (χ4v) is 2.03. The second kappa shape index (κ2) is 7.97. The van der Waals surface area contributed by atoms with Crippen molar-refractivity contribution in [1.29, 1.82) is 0 Å². The predicted molar refractivity (Wildman–Crippen MR) is 65.1 cm³/mol. The van der Waals surface area contributed by atoms with Crippen LogP contribution in [-0.2, 0) is 0 Å². The summed E-state index contributed by atoms with van der Waals surface area (Å²) < 4.78 is 40.1. The Kier molecular flexibility index (Phi) is 7.26. The number of ether oxygens (including phenoxy) is 1. The van der Waals surface area contributed by atoms with Crippen LogP contribution < -0.4 is 67.2 Å². The molecule has 0 spiro atoms. The maximum absolute atomic E-state index is 12.1. The molecule has 0 aliphatic carbocycles. The van der Waals surface area contributed by atoms with E-state index in [1.807, 2.05) is 0 Å². The van der Waals surface area contributed by atoms with Gasteiger partial charge in [-0.2, -0.15) is 0 Å². The van der Waals surface area contributed by atoms with E-state index in [0.717, 1.165) is 12.8 Å². The molecule has 1 aromatic rings. The topological polar surface area (TPSA) is 61.4 Å². The number of nitrogens with two attached hydrogens (primary N) is 1. The fraction of sp³-hybridized carbons (Fsp3) is 0.500. The Morgan fingerprint density at radius 2 is 2.10 bits per heavy atom. The summed E-state index contributed by atoms with van der Waals surface area (Å²) in [6, 6.07) is 5.86. The summed E-state index contributed by atoms with van der Waals surface area (Å²) in [5.41, 5.74) is 5.99. The van der Waals surface area contributed by atoms with Gasteiger partial charge in [-0.1, -0.05) is 24.7 Å². The molecule has 0 radical (unpaired) electrons. The van der Waals surface area contributed by atoms with Crippen molar-refractivity contribution < 1.29 is 69.3 Å². The third-order valence-corrected chi connectivity index (χ3v) is 2.86. The van der Waals surface area contributed by atoms with Crippen LogP contribution in [0.1, 0.15) is 12.8 Å². The first kappa shape index (κ1) is 18.2. The van der Waals surface area contributed by atoms with Gasteiger partial charge in [-0.3, -0.25) is 0 Å². The van der Waals surface area contributed by atoms with Crippen molar-refractivity contribution in [3.8, 4) is 5.75 Å². The molecule has 106 valence electrons. The standard InChI is InChI=1S/C12H15F3N3O.K/c13-12(14,15)19-10-3-1-2-8(6-10)17-11-5-4-9(7-16)18-11;/h1-3,6,9,11,18H,4-5,7,16H2;/q-1;+1. The van der Waals surface area contributed by atoms with Crippen LogP contribution in [0.3, 0.4) is 0 Å². The second-order valence-electron chi connectivity index (χ2n) is 4.37. The third kappa shape index (κ3) is 5.88. The predicted octanol–water partition coefficient (Wildman–Crippen LogP) is -0.369. The van der Waals surface area contributed by atoms with Crippen molar-refractivity contribution in [2.24, 2.45) is 5.73 Å². The molecule has 1 aromatic carbocycles. The number of nitrogens with one attached hydrogen (secondary N) is 1. The number of hydrogen-bond acceptors (Lipinski definition) is 3. The third-order valence-electron chi connectivity index (χ3n) is 2.86. The minimum absolute atomic E-state index is 0. The Bertz CT molecular complexity index is 431. The molecule has 0 aromatic heterocycles. The summed E-state index contributed by atoms with van der Waals surface area (Å²) in [6.45, 7) is 0.531. The van der Waals surface area contributed by atoms with E-state index in [1.54, 1.807) is 6.07 Å². The van der Waals surface area contributed by atoms with E-state index in [-0.39, 0.29) is 69.3 Å². The molecule has 1 aliphatic rings. The quantitative estimate of drug-likeness (QED) is 0.746. The Labute approximate surface area is 158 Å². The maximum atomic E-state index is 12.1. The minimum atomic E-state index is -4.69. The molecular formula is C12H15F3KN3O. The number of halogens is 3. The van der Waals surface area contributed by atoms with E-state index in [1.165, 1.54) is 18.2 Å². The Morgan fingerprint density at radius 3 is 2.70 bits per heavy atom. The molecule has 1 aliphatic heterocycles. The van der Waals surface area contributed by atoms with Crippen LogP contribution in [0.4, 0.5) is 18.9 Å². The van der Waals surface area contributed by atoms with Gasteiger partial charge in [0.2, 0.25) is 0 Å². The number of hydrogen-bond donors (Lipinski definition) is 2. The van der Waals surface area contributed by atoms with Crippen LogP contribution in [0.15, 0.2) is 24.3 Å². The van der Waals surface area contributed by atoms with Crippen molar-refractivity contribution in [2.75, 3.05) is 6.54 Å². The Balaban J connectivity index is 0.00000200. The molecule has 1 saturated heterocycles. The van der Waals surface area contributed by atoms with Crippen molar-refractivity contribution in [2.45, 2.75) is 31.4 Å². The van der Waals surface area contributed by atoms with Crippen LogP contribution in [0.5, 0.6) is 5.75 Å². The smallest absolute Gasteiger partial charge is 0.670 e. The van der Waals surface area contributed by atoms with Gasteiger partial charge in [0.15, 0.2) is 0 Å². The van der Waals surface area contributed by atoms with Crippen LogP contribution in [0.25, 0.3) is 5.32 Å². The van der Waals surface area contributed by atoms with Gasteiger partial charge in [0.05, 0.1) is 0 Å². The molecule has 20 heavy (non-hydrogen) atoms. The Morgan fingerprint density at radius 1 is 1.35 bits per heavy atom. The normalized spacial score (nSPS) is 22.2. The number of benzene rings is 1. The molecule has 4 nitrogen and oxygen atoms in total. The first-order chi connectivity index (χ1) is 8.96. The summed E-state index contributed by atoms with van der Waals surface area (Å²) >= 11 is 0. The molecule has 3 N–H and O–H groups in total. The number of rotatable bonds is 4. The molecule has 0 amide bonds. The molecule has 1 fully saturated rings. The molecular weight excluding hydrogens is 298 g/mol. The van der Waals surface area contributed by atoms with E-state index in [4.69, 9.17) is 5.73 Å². The van der Waals surface area contributed by atoms with Gasteiger partial charge < -0.3 is 21.1 Å². The SMILES string of the molecule is NCC1CCC([N-]c2cccc(OC(F)(F)F)c2)N1.[K+]. The van der Waals surface area contributed by atoms with Gasteiger partial charge >= 0.3 is 57.7 Å². The van der Waals surface area contributed by atoms with Gasteiger partial charge in [-0.15, -0.1) is 18.9 Å². The minimum Gasteiger partial charge on any atom is -0.670 e. The summed E-state index contributed by atoms with van der Waals surface area (Å²) in [5.74, 6) is -0.262. The van der Waals surface area contributed by atoms with Gasteiger partial charge in [0, 0.05) is 12.6 Å². The van der Waals surface area contributed by atoms with Gasteiger partial charge in [-0.25, -0.2) is 0 Å². The van der Waals surface area contributed by atoms with E-state index < -0.39 is 6.36 Å². The van der Waals surface area contributed by atoms with E-state index in [2.05, 4.69) is 15.4 Å². The van der Waals surface area contributed by atoms with Gasteiger partial charge in [0.25, 0.3) is 0 Å². The first-order valence-electron chi connectivity index (χ1n) is 5.99. The first-order valence-corrected chi connectivity index (χ1v) is 5.99. The van der Waals surface area contributed by atoms with Crippen LogP contribution in [0, 0.1) is 0 Å².